The van der Waals surface area contributed by atoms with E-state index in [0.29, 0.717) is 56.7 Å². The van der Waals surface area contributed by atoms with E-state index in [1.165, 1.54) is 16.4 Å². The topological polar surface area (TPSA) is 67.9 Å². The van der Waals surface area contributed by atoms with Crippen molar-refractivity contribution in [1.82, 2.24) is 13.8 Å². The molecule has 1 saturated heterocycles. The maximum Gasteiger partial charge on any atom is 0.270 e. The second-order valence-corrected chi connectivity index (χ2v) is 10.5. The zero-order valence-corrected chi connectivity index (χ0v) is 19.1. The molecular weight excluding hydrogens is 453 g/mol. The zero-order chi connectivity index (χ0) is 22.3. The largest absolute Gasteiger partial charge is 0.429 e. The summed E-state index contributed by atoms with van der Waals surface area (Å²) < 4.78 is 54.2. The maximum atomic E-state index is 13.7. The Morgan fingerprint density at radius 3 is 2.62 bits per heavy atom. The van der Waals surface area contributed by atoms with Crippen molar-refractivity contribution < 1.29 is 22.0 Å². The van der Waals surface area contributed by atoms with Gasteiger partial charge in [-0.1, -0.05) is 12.1 Å². The average molecular weight is 478 g/mol. The molecule has 0 spiro atoms. The Morgan fingerprint density at radius 1 is 1.12 bits per heavy atom. The number of benzene rings is 2. The minimum Gasteiger partial charge on any atom is -0.429 e. The fourth-order valence-corrected chi connectivity index (χ4v) is 5.73. The lowest BCUT2D eigenvalue weighted by atomic mass is 10.2. The van der Waals surface area contributed by atoms with E-state index < -0.39 is 10.0 Å². The molecule has 3 aromatic rings. The monoisotopic (exact) mass is 477 g/mol. The molecule has 32 heavy (non-hydrogen) atoms. The molecule has 1 aromatic heterocycles. The summed E-state index contributed by atoms with van der Waals surface area (Å²) in [6, 6.07) is 11.8. The van der Waals surface area contributed by atoms with E-state index in [2.05, 4.69) is 4.90 Å². The molecule has 10 heteroatoms. The third-order valence-electron chi connectivity index (χ3n) is 5.91. The number of hydrogen-bond donors (Lipinski definition) is 0. The highest BCUT2D eigenvalue weighted by Crippen LogP contribution is 2.31. The molecule has 170 valence electrons. The Morgan fingerprint density at radius 2 is 1.91 bits per heavy atom. The summed E-state index contributed by atoms with van der Waals surface area (Å²) in [6.07, 6.45) is 2.13. The highest BCUT2D eigenvalue weighted by atomic mass is 32.2. The van der Waals surface area contributed by atoms with Gasteiger partial charge in [0.1, 0.15) is 5.82 Å². The number of morpholine rings is 1. The van der Waals surface area contributed by atoms with Gasteiger partial charge in [0.25, 0.3) is 4.84 Å². The predicted molar refractivity (Wildman–Crippen MR) is 120 cm³/mol. The Kier molecular flexibility index (Phi) is 5.89. The molecular formula is C22H24FN3O4S2. The van der Waals surface area contributed by atoms with Crippen LogP contribution >= 0.6 is 12.2 Å². The number of fused-ring (bicyclic) bond motifs is 1. The normalized spacial score (nSPS) is 17.9. The lowest BCUT2D eigenvalue weighted by molar-refractivity contribution is 0.0730. The van der Waals surface area contributed by atoms with E-state index in [0.717, 1.165) is 18.4 Å². The van der Waals surface area contributed by atoms with Crippen LogP contribution in [0.5, 0.6) is 0 Å². The van der Waals surface area contributed by atoms with Crippen LogP contribution in [0.4, 0.5) is 4.39 Å². The first-order valence-electron chi connectivity index (χ1n) is 10.6. The molecule has 0 N–H and O–H groups in total. The minimum absolute atomic E-state index is 0.208. The quantitative estimate of drug-likeness (QED) is 0.483. The van der Waals surface area contributed by atoms with E-state index >= 15 is 0 Å². The highest BCUT2D eigenvalue weighted by molar-refractivity contribution is 7.89. The number of sulfonamides is 1. The predicted octanol–water partition coefficient (Wildman–Crippen LogP) is 3.75. The first-order valence-corrected chi connectivity index (χ1v) is 12.5. The Bertz CT molecular complexity index is 1290. The zero-order valence-electron chi connectivity index (χ0n) is 17.4. The molecule has 1 aliphatic carbocycles. The lowest BCUT2D eigenvalue weighted by Gasteiger charge is -2.26. The first-order chi connectivity index (χ1) is 15.4. The second-order valence-electron chi connectivity index (χ2n) is 8.19. The smallest absolute Gasteiger partial charge is 0.270 e. The summed E-state index contributed by atoms with van der Waals surface area (Å²) in [7, 11) is -3.64. The van der Waals surface area contributed by atoms with Crippen molar-refractivity contribution in [3.63, 3.8) is 0 Å². The van der Waals surface area contributed by atoms with Crippen molar-refractivity contribution in [3.05, 3.63) is 58.7 Å². The molecule has 2 fully saturated rings. The van der Waals surface area contributed by atoms with Crippen LogP contribution in [0.3, 0.4) is 0 Å². The van der Waals surface area contributed by atoms with Gasteiger partial charge in [-0.3, -0.25) is 9.47 Å². The standard InChI is InChI=1S/C22H24FN3O4S2/c23-17-3-1-2-16(12-17)14-24(18-4-5-18)15-26-20-13-19(6-7-21(20)30-22(26)31)32(27,28)25-8-10-29-11-9-25/h1-3,6-7,12-13,18H,4-5,8-11,14-15H2. The van der Waals surface area contributed by atoms with Gasteiger partial charge in [0, 0.05) is 25.7 Å². The van der Waals surface area contributed by atoms with Gasteiger partial charge in [-0.15, -0.1) is 0 Å². The number of rotatable bonds is 7. The van der Waals surface area contributed by atoms with Crippen LogP contribution in [0.25, 0.3) is 11.1 Å². The number of halogens is 1. The van der Waals surface area contributed by atoms with Gasteiger partial charge in [0.05, 0.1) is 30.3 Å². The maximum absolute atomic E-state index is 13.7. The summed E-state index contributed by atoms with van der Waals surface area (Å²) in [6.45, 7) is 2.46. The fourth-order valence-electron chi connectivity index (χ4n) is 4.06. The van der Waals surface area contributed by atoms with Crippen molar-refractivity contribution in [3.8, 4) is 0 Å². The molecule has 2 aromatic carbocycles. The molecule has 2 aliphatic rings. The van der Waals surface area contributed by atoms with Gasteiger partial charge < -0.3 is 9.15 Å². The Balaban J connectivity index is 1.47. The molecule has 1 saturated carbocycles. The van der Waals surface area contributed by atoms with Crippen molar-refractivity contribution in [2.24, 2.45) is 0 Å². The van der Waals surface area contributed by atoms with E-state index in [1.807, 2.05) is 10.6 Å². The van der Waals surface area contributed by atoms with Crippen molar-refractivity contribution >= 4 is 33.3 Å². The average Bonchev–Trinajstić information content (AvgIpc) is 3.58. The van der Waals surface area contributed by atoms with Crippen LogP contribution in [-0.4, -0.2) is 54.5 Å². The molecule has 0 unspecified atom stereocenters. The number of oxazole rings is 1. The van der Waals surface area contributed by atoms with Crippen molar-refractivity contribution in [2.75, 3.05) is 26.3 Å². The molecule has 7 nitrogen and oxygen atoms in total. The fraction of sp³-hybridized carbons (Fsp3) is 0.409. The molecule has 0 atom stereocenters. The van der Waals surface area contributed by atoms with Crippen LogP contribution in [0.2, 0.25) is 0 Å². The molecule has 0 radical (unpaired) electrons. The van der Waals surface area contributed by atoms with Crippen LogP contribution in [0.15, 0.2) is 51.8 Å². The van der Waals surface area contributed by atoms with Crippen LogP contribution < -0.4 is 0 Å². The first kappa shape index (κ1) is 21.7. The Labute approximate surface area is 191 Å². The third kappa shape index (κ3) is 4.38. The van der Waals surface area contributed by atoms with Gasteiger partial charge in [0.2, 0.25) is 10.0 Å². The Hall–Kier alpha value is -2.11. The number of ether oxygens (including phenoxy) is 1. The summed E-state index contributed by atoms with van der Waals surface area (Å²) in [5.41, 5.74) is 2.05. The van der Waals surface area contributed by atoms with Crippen LogP contribution in [0, 0.1) is 10.7 Å². The van der Waals surface area contributed by atoms with Gasteiger partial charge >= 0.3 is 0 Å². The third-order valence-corrected chi connectivity index (χ3v) is 8.11. The van der Waals surface area contributed by atoms with E-state index in [-0.39, 0.29) is 15.6 Å². The van der Waals surface area contributed by atoms with Crippen molar-refractivity contribution in [2.45, 2.75) is 37.0 Å². The molecule has 1 aliphatic heterocycles. The van der Waals surface area contributed by atoms with Gasteiger partial charge in [0.15, 0.2) is 5.58 Å². The van der Waals surface area contributed by atoms with Crippen LogP contribution in [0.1, 0.15) is 18.4 Å². The summed E-state index contributed by atoms with van der Waals surface area (Å²) >= 11 is 5.46. The van der Waals surface area contributed by atoms with E-state index in [1.54, 1.807) is 24.3 Å². The van der Waals surface area contributed by atoms with Gasteiger partial charge in [-0.2, -0.15) is 4.31 Å². The van der Waals surface area contributed by atoms with Gasteiger partial charge in [-0.25, -0.2) is 12.8 Å². The highest BCUT2D eigenvalue weighted by Gasteiger charge is 2.31. The summed E-state index contributed by atoms with van der Waals surface area (Å²) in [5, 5.41) is 0. The lowest BCUT2D eigenvalue weighted by Crippen LogP contribution is -2.40. The van der Waals surface area contributed by atoms with Crippen molar-refractivity contribution in [1.29, 1.82) is 0 Å². The SMILES string of the molecule is O=S(=O)(c1ccc2oc(=S)n(CN(Cc3cccc(F)c3)C3CC3)c2c1)N1CCOCC1. The summed E-state index contributed by atoms with van der Waals surface area (Å²) in [5.74, 6) is -0.262. The summed E-state index contributed by atoms with van der Waals surface area (Å²) in [4.78, 5) is 2.72. The van der Waals surface area contributed by atoms with E-state index in [4.69, 9.17) is 21.4 Å². The minimum atomic E-state index is -3.64. The number of aromatic nitrogens is 1. The second kappa shape index (κ2) is 8.68. The molecule has 0 amide bonds. The molecule has 5 rings (SSSR count). The van der Waals surface area contributed by atoms with E-state index in [9.17, 15) is 12.8 Å². The van der Waals surface area contributed by atoms with Gasteiger partial charge in [-0.05, 0) is 61.0 Å². The van der Waals surface area contributed by atoms with Crippen LogP contribution in [-0.2, 0) is 28.0 Å². The number of nitrogens with zero attached hydrogens (tertiary/aromatic N) is 3. The number of hydrogen-bond acceptors (Lipinski definition) is 6. The molecule has 2 heterocycles. The molecule has 0 bridgehead atoms.